The van der Waals surface area contributed by atoms with Gasteiger partial charge in [-0.05, 0) is 49.9 Å². The number of aryl methyl sites for hydroxylation is 4. The molecule has 0 bridgehead atoms. The Hall–Kier alpha value is -2.30. The summed E-state index contributed by atoms with van der Waals surface area (Å²) in [6.45, 7) is 9.84. The van der Waals surface area contributed by atoms with Crippen LogP contribution in [0.15, 0.2) is 46.4 Å². The molecule has 0 spiro atoms. The highest BCUT2D eigenvalue weighted by Crippen LogP contribution is 2.24. The van der Waals surface area contributed by atoms with E-state index in [-0.39, 0.29) is 12.1 Å². The quantitative estimate of drug-likeness (QED) is 0.833. The minimum Gasteiger partial charge on any atom is -0.369 e. The van der Waals surface area contributed by atoms with Crippen molar-refractivity contribution in [3.05, 3.63) is 58.7 Å². The topological polar surface area (TPSA) is 46.0 Å². The lowest BCUT2D eigenvalue weighted by Crippen LogP contribution is -2.50. The van der Waals surface area contributed by atoms with Crippen molar-refractivity contribution in [2.75, 3.05) is 13.2 Å². The summed E-state index contributed by atoms with van der Waals surface area (Å²) in [7, 11) is 0. The molecule has 26 heavy (non-hydrogen) atoms. The second kappa shape index (κ2) is 8.39. The molecule has 0 aliphatic carbocycles. The van der Waals surface area contributed by atoms with E-state index < -0.39 is 0 Å². The third kappa shape index (κ3) is 4.26. The Bertz CT molecular complexity index is 716. The molecule has 0 aromatic heterocycles. The van der Waals surface area contributed by atoms with Crippen LogP contribution in [0.25, 0.3) is 0 Å². The summed E-state index contributed by atoms with van der Waals surface area (Å²) >= 11 is 0. The highest BCUT2D eigenvalue weighted by Gasteiger charge is 2.22. The monoisotopic (exact) mass is 349 g/mol. The molecule has 3 rings (SSSR count). The van der Waals surface area contributed by atoms with Crippen molar-refractivity contribution in [3.63, 3.8) is 0 Å². The van der Waals surface area contributed by atoms with Gasteiger partial charge < -0.3 is 10.1 Å². The zero-order chi connectivity index (χ0) is 18.5. The third-order valence-electron chi connectivity index (χ3n) is 4.74. The predicted octanol–water partition coefficient (Wildman–Crippen LogP) is 4.38. The van der Waals surface area contributed by atoms with Crippen molar-refractivity contribution in [2.45, 2.75) is 39.8 Å². The van der Waals surface area contributed by atoms with Gasteiger partial charge in [-0.1, -0.05) is 36.4 Å². The van der Waals surface area contributed by atoms with Crippen molar-refractivity contribution in [3.8, 4) is 0 Å². The van der Waals surface area contributed by atoms with E-state index in [1.165, 1.54) is 22.3 Å². The fraction of sp³-hybridized carbons (Fsp3) is 0.364. The van der Waals surface area contributed by atoms with Crippen molar-refractivity contribution in [1.82, 2.24) is 5.32 Å². The van der Waals surface area contributed by atoms with Gasteiger partial charge in [-0.25, -0.2) is 0 Å². The number of morpholine rings is 1. The Labute approximate surface area is 156 Å². The van der Waals surface area contributed by atoms with E-state index in [1.807, 2.05) is 12.4 Å². The molecule has 1 N–H and O–H groups in total. The number of rotatable bonds is 4. The first-order valence-electron chi connectivity index (χ1n) is 9.12. The molecular weight excluding hydrogens is 322 g/mol. The van der Waals surface area contributed by atoms with E-state index in [2.05, 4.69) is 69.4 Å². The van der Waals surface area contributed by atoms with Crippen LogP contribution in [0, 0.1) is 27.7 Å². The maximum absolute atomic E-state index is 5.94. The number of nitrogens with zero attached hydrogens (tertiary/aromatic N) is 2. The van der Waals surface area contributed by atoms with Crippen molar-refractivity contribution >= 4 is 23.8 Å². The second-order valence-corrected chi connectivity index (χ2v) is 6.85. The summed E-state index contributed by atoms with van der Waals surface area (Å²) in [6, 6.07) is 12.5. The Morgan fingerprint density at radius 2 is 1.35 bits per heavy atom. The van der Waals surface area contributed by atoms with Crippen LogP contribution in [0.4, 0.5) is 11.4 Å². The van der Waals surface area contributed by atoms with Crippen LogP contribution in [0.2, 0.25) is 0 Å². The molecule has 136 valence electrons. The molecule has 0 saturated carbocycles. The maximum Gasteiger partial charge on any atom is 0.113 e. The minimum atomic E-state index is -0.129. The third-order valence-corrected chi connectivity index (χ3v) is 4.74. The zero-order valence-corrected chi connectivity index (χ0v) is 16.0. The van der Waals surface area contributed by atoms with Crippen LogP contribution < -0.4 is 5.32 Å². The van der Waals surface area contributed by atoms with Gasteiger partial charge in [0, 0.05) is 19.0 Å². The number of nitrogens with one attached hydrogen (secondary N) is 1. The Balaban J connectivity index is 1.80. The van der Waals surface area contributed by atoms with Gasteiger partial charge in [0.1, 0.15) is 6.10 Å². The van der Waals surface area contributed by atoms with Gasteiger partial charge in [0.05, 0.1) is 24.0 Å². The normalized spacial score (nSPS) is 20.9. The van der Waals surface area contributed by atoms with Gasteiger partial charge in [-0.3, -0.25) is 9.98 Å². The van der Waals surface area contributed by atoms with Crippen molar-refractivity contribution in [1.29, 1.82) is 0 Å². The summed E-state index contributed by atoms with van der Waals surface area (Å²) in [5.74, 6) is 0. The molecule has 4 heteroatoms. The summed E-state index contributed by atoms with van der Waals surface area (Å²) in [4.78, 5) is 9.46. The zero-order valence-electron chi connectivity index (χ0n) is 16.0. The molecular formula is C22H27N3O. The van der Waals surface area contributed by atoms with Crippen LogP contribution >= 0.6 is 0 Å². The van der Waals surface area contributed by atoms with E-state index in [0.29, 0.717) is 6.61 Å². The molecule has 1 heterocycles. The lowest BCUT2D eigenvalue weighted by atomic mass is 10.1. The standard InChI is InChI=1S/C22H27N3O/c1-15-7-5-8-16(2)21(15)24-13-19-20(26-12-11-23-19)14-25-22-17(3)9-6-10-18(22)4/h5-10,13-14,19-20,23H,11-12H2,1-4H3. The lowest BCUT2D eigenvalue weighted by Gasteiger charge is -2.27. The molecule has 2 atom stereocenters. The molecule has 0 radical (unpaired) electrons. The Morgan fingerprint density at radius 1 is 0.846 bits per heavy atom. The van der Waals surface area contributed by atoms with Gasteiger partial charge in [-0.15, -0.1) is 0 Å². The van der Waals surface area contributed by atoms with Crippen LogP contribution in [0.1, 0.15) is 22.3 Å². The van der Waals surface area contributed by atoms with Crippen LogP contribution in [-0.4, -0.2) is 37.7 Å². The number of aliphatic imine (C=N–C) groups is 2. The first-order chi connectivity index (χ1) is 12.6. The number of hydrogen-bond acceptors (Lipinski definition) is 4. The Kier molecular flexibility index (Phi) is 5.96. The van der Waals surface area contributed by atoms with Gasteiger partial charge in [0.15, 0.2) is 0 Å². The Morgan fingerprint density at radius 3 is 1.88 bits per heavy atom. The van der Waals surface area contributed by atoms with Crippen molar-refractivity contribution in [2.24, 2.45) is 9.98 Å². The lowest BCUT2D eigenvalue weighted by molar-refractivity contribution is 0.0606. The first kappa shape index (κ1) is 18.5. The minimum absolute atomic E-state index is 0.0100. The molecule has 1 aliphatic heterocycles. The summed E-state index contributed by atoms with van der Waals surface area (Å²) in [5.41, 5.74) is 6.76. The van der Waals surface area contributed by atoms with Gasteiger partial charge >= 0.3 is 0 Å². The van der Waals surface area contributed by atoms with E-state index in [9.17, 15) is 0 Å². The smallest absolute Gasteiger partial charge is 0.113 e. The van der Waals surface area contributed by atoms with Gasteiger partial charge in [0.2, 0.25) is 0 Å². The average Bonchev–Trinajstić information content (AvgIpc) is 2.62. The molecule has 4 nitrogen and oxygen atoms in total. The second-order valence-electron chi connectivity index (χ2n) is 6.85. The number of ether oxygens (including phenoxy) is 1. The number of benzene rings is 2. The number of para-hydroxylation sites is 2. The highest BCUT2D eigenvalue weighted by molar-refractivity contribution is 5.80. The van der Waals surface area contributed by atoms with E-state index >= 15 is 0 Å². The van der Waals surface area contributed by atoms with Crippen LogP contribution in [0.5, 0.6) is 0 Å². The molecule has 2 unspecified atom stereocenters. The molecule has 2 aromatic carbocycles. The summed E-state index contributed by atoms with van der Waals surface area (Å²) < 4.78 is 5.94. The molecule has 1 aliphatic rings. The van der Waals surface area contributed by atoms with Gasteiger partial charge in [-0.2, -0.15) is 0 Å². The molecule has 1 saturated heterocycles. The van der Waals surface area contributed by atoms with Crippen LogP contribution in [-0.2, 0) is 4.74 Å². The van der Waals surface area contributed by atoms with Crippen LogP contribution in [0.3, 0.4) is 0 Å². The average molecular weight is 349 g/mol. The SMILES string of the molecule is Cc1cccc(C)c1N=CC1NCCOC1C=Nc1c(C)cccc1C. The summed E-state index contributed by atoms with van der Waals surface area (Å²) in [5, 5.41) is 3.48. The van der Waals surface area contributed by atoms with Gasteiger partial charge in [0.25, 0.3) is 0 Å². The largest absolute Gasteiger partial charge is 0.369 e. The van der Waals surface area contributed by atoms with Crippen molar-refractivity contribution < 1.29 is 4.74 Å². The molecule has 2 aromatic rings. The first-order valence-corrected chi connectivity index (χ1v) is 9.12. The summed E-state index contributed by atoms with van der Waals surface area (Å²) in [6.07, 6.45) is 3.73. The maximum atomic E-state index is 5.94. The van der Waals surface area contributed by atoms with E-state index in [0.717, 1.165) is 17.9 Å². The fourth-order valence-corrected chi connectivity index (χ4v) is 3.24. The predicted molar refractivity (Wildman–Crippen MR) is 110 cm³/mol. The molecule has 0 amide bonds. The molecule has 1 fully saturated rings. The highest BCUT2D eigenvalue weighted by atomic mass is 16.5. The van der Waals surface area contributed by atoms with E-state index in [4.69, 9.17) is 14.7 Å². The van der Waals surface area contributed by atoms with E-state index in [1.54, 1.807) is 0 Å². The number of hydrogen-bond donors (Lipinski definition) is 1. The fourth-order valence-electron chi connectivity index (χ4n) is 3.24.